The lowest BCUT2D eigenvalue weighted by molar-refractivity contribution is 0.122. The number of halogens is 1. The highest BCUT2D eigenvalue weighted by Crippen LogP contribution is 2.17. The molecule has 0 saturated carbocycles. The second kappa shape index (κ2) is 3.32. The molecular weight excluding hydrogens is 149 g/mol. The van der Waals surface area contributed by atoms with Crippen LogP contribution < -0.4 is 5.90 Å². The van der Waals surface area contributed by atoms with Gasteiger partial charge >= 0.3 is 0 Å². The molecule has 3 nitrogen and oxygen atoms in total. The minimum atomic E-state index is -0.421. The summed E-state index contributed by atoms with van der Waals surface area (Å²) in [4.78, 5) is 4.24. The molecule has 0 aliphatic heterocycles. The van der Waals surface area contributed by atoms with E-state index in [1.807, 2.05) is 0 Å². The summed E-state index contributed by atoms with van der Waals surface area (Å²) in [5.41, 5.74) is 0.340. The summed E-state index contributed by atoms with van der Waals surface area (Å²) in [7, 11) is 0. The van der Waals surface area contributed by atoms with Gasteiger partial charge in [0.1, 0.15) is 11.6 Å². The molecule has 0 unspecified atom stereocenters. The molecule has 3 N–H and O–H groups in total. The summed E-state index contributed by atoms with van der Waals surface area (Å²) in [6, 6.07) is 3.58. The van der Waals surface area contributed by atoms with Crippen LogP contribution in [0.2, 0.25) is 0 Å². The van der Waals surface area contributed by atoms with Crippen molar-refractivity contribution in [2.75, 3.05) is 0 Å². The molecule has 0 radical (unpaired) electrons. The lowest BCUT2D eigenvalue weighted by Gasteiger charge is -2.01. The van der Waals surface area contributed by atoms with Crippen LogP contribution in [0.4, 0.5) is 4.39 Å². The third kappa shape index (κ3) is 1.89. The number of hydrogen-bond donors (Lipinski definition) is 2. The third-order valence-corrected chi connectivity index (χ3v) is 1.28. The van der Waals surface area contributed by atoms with Gasteiger partial charge in [-0.25, -0.2) is 10.3 Å². The summed E-state index contributed by atoms with van der Waals surface area (Å²) in [6.07, 6.45) is 0. The molecule has 0 heterocycles. The molecule has 1 aromatic rings. The normalized spacial score (nSPS) is 10.0. The molecule has 0 bridgehead atoms. The van der Waals surface area contributed by atoms with Crippen LogP contribution in [-0.2, 0) is 11.4 Å². The highest BCUT2D eigenvalue weighted by molar-refractivity contribution is 5.31. The number of phenols is 1. The topological polar surface area (TPSA) is 55.5 Å². The molecule has 1 rings (SSSR count). The van der Waals surface area contributed by atoms with Crippen molar-refractivity contribution in [3.63, 3.8) is 0 Å². The van der Waals surface area contributed by atoms with Crippen molar-refractivity contribution in [2.45, 2.75) is 6.61 Å². The maximum atomic E-state index is 12.5. The minimum absolute atomic E-state index is 0.00356. The van der Waals surface area contributed by atoms with E-state index < -0.39 is 5.82 Å². The van der Waals surface area contributed by atoms with E-state index in [1.54, 1.807) is 0 Å². The van der Waals surface area contributed by atoms with Crippen LogP contribution in [-0.4, -0.2) is 5.11 Å². The van der Waals surface area contributed by atoms with Crippen LogP contribution in [0, 0.1) is 5.82 Å². The van der Waals surface area contributed by atoms with E-state index in [1.165, 1.54) is 12.1 Å². The fraction of sp³-hybridized carbons (Fsp3) is 0.143. The Kier molecular flexibility index (Phi) is 2.40. The van der Waals surface area contributed by atoms with Crippen molar-refractivity contribution in [1.82, 2.24) is 0 Å². The van der Waals surface area contributed by atoms with E-state index in [-0.39, 0.29) is 12.4 Å². The number of aromatic hydroxyl groups is 1. The Hall–Kier alpha value is -1.13. The maximum Gasteiger partial charge on any atom is 0.123 e. The summed E-state index contributed by atoms with van der Waals surface area (Å²) >= 11 is 0. The van der Waals surface area contributed by atoms with Crippen LogP contribution in [0.25, 0.3) is 0 Å². The fourth-order valence-corrected chi connectivity index (χ4v) is 0.759. The molecule has 11 heavy (non-hydrogen) atoms. The van der Waals surface area contributed by atoms with Crippen molar-refractivity contribution in [2.24, 2.45) is 5.90 Å². The van der Waals surface area contributed by atoms with Gasteiger partial charge in [0.2, 0.25) is 0 Å². The zero-order valence-electron chi connectivity index (χ0n) is 5.75. The zero-order valence-corrected chi connectivity index (χ0v) is 5.75. The number of rotatable bonds is 2. The zero-order chi connectivity index (χ0) is 8.27. The highest BCUT2D eigenvalue weighted by atomic mass is 19.1. The Bertz CT molecular complexity index is 252. The second-order valence-corrected chi connectivity index (χ2v) is 2.08. The number of nitrogens with two attached hydrogens (primary N) is 1. The van der Waals surface area contributed by atoms with Gasteiger partial charge in [-0.2, -0.15) is 0 Å². The summed E-state index contributed by atoms with van der Waals surface area (Å²) in [5.74, 6) is 4.31. The smallest absolute Gasteiger partial charge is 0.123 e. The van der Waals surface area contributed by atoms with Gasteiger partial charge < -0.3 is 5.11 Å². The number of benzene rings is 1. The lowest BCUT2D eigenvalue weighted by Crippen LogP contribution is -1.99. The van der Waals surface area contributed by atoms with Crippen LogP contribution in [0.5, 0.6) is 5.75 Å². The standard InChI is InChI=1S/C7H8FNO2/c8-6-1-2-7(10)5(3-6)4-11-9/h1-3,10H,4,9H2. The van der Waals surface area contributed by atoms with Crippen LogP contribution in [0.15, 0.2) is 18.2 Å². The Morgan fingerprint density at radius 1 is 1.55 bits per heavy atom. The van der Waals surface area contributed by atoms with Gasteiger partial charge in [-0.3, -0.25) is 4.84 Å². The molecular formula is C7H8FNO2. The Labute approximate surface area is 63.2 Å². The van der Waals surface area contributed by atoms with Gasteiger partial charge in [-0.1, -0.05) is 0 Å². The predicted molar refractivity (Wildman–Crippen MR) is 37.0 cm³/mol. The molecule has 4 heteroatoms. The molecule has 60 valence electrons. The number of hydrogen-bond acceptors (Lipinski definition) is 3. The monoisotopic (exact) mass is 157 g/mol. The van der Waals surface area contributed by atoms with Gasteiger partial charge in [0, 0.05) is 5.56 Å². The van der Waals surface area contributed by atoms with Crippen molar-refractivity contribution in [3.8, 4) is 5.75 Å². The van der Waals surface area contributed by atoms with Crippen LogP contribution in [0.1, 0.15) is 5.56 Å². The molecule has 0 spiro atoms. The first-order chi connectivity index (χ1) is 5.24. The van der Waals surface area contributed by atoms with E-state index in [0.29, 0.717) is 5.56 Å². The lowest BCUT2D eigenvalue weighted by atomic mass is 10.2. The predicted octanol–water partition coefficient (Wildman–Crippen LogP) is 0.922. The van der Waals surface area contributed by atoms with Crippen molar-refractivity contribution >= 4 is 0 Å². The van der Waals surface area contributed by atoms with Crippen LogP contribution >= 0.6 is 0 Å². The largest absolute Gasteiger partial charge is 0.508 e. The summed E-state index contributed by atoms with van der Waals surface area (Å²) < 4.78 is 12.5. The quantitative estimate of drug-likeness (QED) is 0.627. The number of phenolic OH excluding ortho intramolecular Hbond substituents is 1. The van der Waals surface area contributed by atoms with Gasteiger partial charge in [-0.15, -0.1) is 0 Å². The maximum absolute atomic E-state index is 12.5. The van der Waals surface area contributed by atoms with E-state index in [0.717, 1.165) is 6.07 Å². The molecule has 0 aromatic heterocycles. The van der Waals surface area contributed by atoms with E-state index in [9.17, 15) is 4.39 Å². The van der Waals surface area contributed by atoms with Gasteiger partial charge in [-0.05, 0) is 18.2 Å². The SMILES string of the molecule is NOCc1cc(F)ccc1O. The first-order valence-corrected chi connectivity index (χ1v) is 3.03. The van der Waals surface area contributed by atoms with Crippen LogP contribution in [0.3, 0.4) is 0 Å². The Morgan fingerprint density at radius 3 is 2.91 bits per heavy atom. The minimum Gasteiger partial charge on any atom is -0.508 e. The van der Waals surface area contributed by atoms with Gasteiger partial charge in [0.15, 0.2) is 0 Å². The average Bonchev–Trinajstić information content (AvgIpc) is 1.98. The second-order valence-electron chi connectivity index (χ2n) is 2.08. The van der Waals surface area contributed by atoms with E-state index in [2.05, 4.69) is 4.84 Å². The molecule has 0 amide bonds. The molecule has 0 aliphatic rings. The fourth-order valence-electron chi connectivity index (χ4n) is 0.759. The average molecular weight is 157 g/mol. The Balaban J connectivity index is 2.93. The van der Waals surface area contributed by atoms with Crippen molar-refractivity contribution in [1.29, 1.82) is 0 Å². The third-order valence-electron chi connectivity index (χ3n) is 1.28. The van der Waals surface area contributed by atoms with Gasteiger partial charge in [0.05, 0.1) is 6.61 Å². The Morgan fingerprint density at radius 2 is 2.27 bits per heavy atom. The molecule has 0 aliphatic carbocycles. The van der Waals surface area contributed by atoms with Gasteiger partial charge in [0.25, 0.3) is 0 Å². The van der Waals surface area contributed by atoms with E-state index >= 15 is 0 Å². The first-order valence-electron chi connectivity index (χ1n) is 3.03. The molecule has 0 fully saturated rings. The molecule has 0 saturated heterocycles. The van der Waals surface area contributed by atoms with Crippen molar-refractivity contribution < 1.29 is 14.3 Å². The molecule has 1 aromatic carbocycles. The molecule has 0 atom stereocenters. The summed E-state index contributed by atoms with van der Waals surface area (Å²) in [6.45, 7) is 0.00356. The highest BCUT2D eigenvalue weighted by Gasteiger charge is 2.01. The van der Waals surface area contributed by atoms with Crippen molar-refractivity contribution in [3.05, 3.63) is 29.6 Å². The first kappa shape index (κ1) is 7.97. The van der Waals surface area contributed by atoms with E-state index in [4.69, 9.17) is 11.0 Å². The summed E-state index contributed by atoms with van der Waals surface area (Å²) in [5, 5.41) is 9.06.